The molecule has 0 bridgehead atoms. The lowest BCUT2D eigenvalue weighted by Gasteiger charge is -2.10. The quantitative estimate of drug-likeness (QED) is 0.657. The number of hydrogen-bond acceptors (Lipinski definition) is 4. The molecule has 7 heteroatoms. The van der Waals surface area contributed by atoms with Gasteiger partial charge in [0.2, 0.25) is 0 Å². The van der Waals surface area contributed by atoms with E-state index < -0.39 is 18.8 Å². The molecule has 0 heterocycles. The lowest BCUT2D eigenvalue weighted by molar-refractivity contribution is -0.161. The normalized spacial score (nSPS) is 11.1. The molecular weight excluding hydrogens is 239 g/mol. The topological polar surface area (TPSA) is 61.5 Å². The Balaban J connectivity index is 2.82. The van der Waals surface area contributed by atoms with Crippen molar-refractivity contribution in [3.8, 4) is 5.75 Å². The highest BCUT2D eigenvalue weighted by molar-refractivity contribution is 5.93. The molecule has 4 nitrogen and oxygen atoms in total. The highest BCUT2D eigenvalue weighted by Crippen LogP contribution is 2.23. The zero-order chi connectivity index (χ0) is 13.1. The molecule has 0 fully saturated rings. The zero-order valence-corrected chi connectivity index (χ0v) is 8.88. The molecule has 0 spiro atoms. The van der Waals surface area contributed by atoms with Gasteiger partial charge in [0.25, 0.3) is 0 Å². The van der Waals surface area contributed by atoms with Crippen LogP contribution in [0, 0.1) is 0 Å². The Morgan fingerprint density at radius 2 is 2.06 bits per heavy atom. The molecule has 0 atom stereocenters. The van der Waals surface area contributed by atoms with Crippen LogP contribution in [0.4, 0.5) is 18.9 Å². The maximum atomic E-state index is 11.8. The number of methoxy groups -OCH3 is 1. The van der Waals surface area contributed by atoms with Gasteiger partial charge in [-0.05, 0) is 12.1 Å². The predicted octanol–water partition coefficient (Wildman–Crippen LogP) is 2.00. The Morgan fingerprint density at radius 1 is 1.41 bits per heavy atom. The van der Waals surface area contributed by atoms with Gasteiger partial charge >= 0.3 is 12.1 Å². The second kappa shape index (κ2) is 4.94. The van der Waals surface area contributed by atoms with E-state index in [1.165, 1.54) is 25.3 Å². The molecule has 0 unspecified atom stereocenters. The second-order valence-corrected chi connectivity index (χ2v) is 3.15. The number of rotatable bonds is 3. The number of halogens is 3. The highest BCUT2D eigenvalue weighted by atomic mass is 19.4. The maximum absolute atomic E-state index is 11.8. The van der Waals surface area contributed by atoms with Gasteiger partial charge in [0.1, 0.15) is 11.3 Å². The van der Waals surface area contributed by atoms with Crippen molar-refractivity contribution in [1.29, 1.82) is 0 Å². The first-order valence-electron chi connectivity index (χ1n) is 4.51. The minimum Gasteiger partial charge on any atom is -0.496 e. The van der Waals surface area contributed by atoms with Crippen LogP contribution in [0.3, 0.4) is 0 Å². The average Bonchev–Trinajstić information content (AvgIpc) is 2.24. The van der Waals surface area contributed by atoms with Crippen LogP contribution in [0.15, 0.2) is 18.2 Å². The van der Waals surface area contributed by atoms with E-state index in [0.717, 1.165) is 0 Å². The molecule has 1 aromatic carbocycles. The third kappa shape index (κ3) is 3.86. The van der Waals surface area contributed by atoms with Gasteiger partial charge < -0.3 is 15.2 Å². The number of carbonyl (C=O) groups is 1. The summed E-state index contributed by atoms with van der Waals surface area (Å²) < 4.78 is 44.5. The van der Waals surface area contributed by atoms with Gasteiger partial charge in [0.15, 0.2) is 6.61 Å². The zero-order valence-electron chi connectivity index (χ0n) is 8.88. The van der Waals surface area contributed by atoms with Crippen LogP contribution < -0.4 is 10.5 Å². The SMILES string of the molecule is COc1cc(N)ccc1C(=O)OCC(F)(F)F. The number of benzene rings is 1. The standard InChI is InChI=1S/C10H10F3NO3/c1-16-8-4-6(14)2-3-7(8)9(15)17-5-10(11,12)13/h2-4H,5,14H2,1H3. The van der Waals surface area contributed by atoms with Gasteiger partial charge in [0, 0.05) is 11.8 Å². The van der Waals surface area contributed by atoms with Gasteiger partial charge in [-0.2, -0.15) is 13.2 Å². The first-order chi connectivity index (χ1) is 7.83. The van der Waals surface area contributed by atoms with Crippen molar-refractivity contribution in [3.05, 3.63) is 23.8 Å². The fraction of sp³-hybridized carbons (Fsp3) is 0.300. The van der Waals surface area contributed by atoms with Crippen molar-refractivity contribution in [2.75, 3.05) is 19.5 Å². The Morgan fingerprint density at radius 3 is 2.59 bits per heavy atom. The number of hydrogen-bond donors (Lipinski definition) is 1. The summed E-state index contributed by atoms with van der Waals surface area (Å²) in [5.74, 6) is -1.05. The summed E-state index contributed by atoms with van der Waals surface area (Å²) in [6, 6.07) is 3.93. The molecule has 0 saturated carbocycles. The van der Waals surface area contributed by atoms with Crippen LogP contribution in [0.5, 0.6) is 5.75 Å². The van der Waals surface area contributed by atoms with E-state index >= 15 is 0 Å². The third-order valence-corrected chi connectivity index (χ3v) is 1.81. The number of ether oxygens (including phenoxy) is 2. The summed E-state index contributed by atoms with van der Waals surface area (Å²) in [5.41, 5.74) is 5.66. The summed E-state index contributed by atoms with van der Waals surface area (Å²) in [4.78, 5) is 11.3. The molecule has 0 aromatic heterocycles. The lowest BCUT2D eigenvalue weighted by Crippen LogP contribution is -2.20. The van der Waals surface area contributed by atoms with E-state index in [4.69, 9.17) is 10.5 Å². The number of nitrogens with two attached hydrogens (primary N) is 1. The van der Waals surface area contributed by atoms with E-state index in [2.05, 4.69) is 4.74 Å². The van der Waals surface area contributed by atoms with Crippen LogP contribution in [0.25, 0.3) is 0 Å². The number of nitrogen functional groups attached to an aromatic ring is 1. The molecule has 0 saturated heterocycles. The van der Waals surface area contributed by atoms with Crippen molar-refractivity contribution in [1.82, 2.24) is 0 Å². The summed E-state index contributed by atoms with van der Waals surface area (Å²) in [6.07, 6.45) is -4.56. The molecule has 2 N–H and O–H groups in total. The van der Waals surface area contributed by atoms with Crippen molar-refractivity contribution >= 4 is 11.7 Å². The molecule has 1 rings (SSSR count). The number of carbonyl (C=O) groups excluding carboxylic acids is 1. The van der Waals surface area contributed by atoms with E-state index in [1.54, 1.807) is 0 Å². The molecule has 0 amide bonds. The molecule has 17 heavy (non-hydrogen) atoms. The van der Waals surface area contributed by atoms with Crippen molar-refractivity contribution in [2.24, 2.45) is 0 Å². The Kier molecular flexibility index (Phi) is 3.82. The van der Waals surface area contributed by atoms with Gasteiger partial charge in [-0.25, -0.2) is 4.79 Å². The van der Waals surface area contributed by atoms with E-state index in [0.29, 0.717) is 5.69 Å². The number of alkyl halides is 3. The van der Waals surface area contributed by atoms with Crippen LogP contribution in [0.2, 0.25) is 0 Å². The third-order valence-electron chi connectivity index (χ3n) is 1.81. The van der Waals surface area contributed by atoms with E-state index in [-0.39, 0.29) is 11.3 Å². The first-order valence-corrected chi connectivity index (χ1v) is 4.51. The molecule has 0 aliphatic carbocycles. The van der Waals surface area contributed by atoms with Crippen LogP contribution in [-0.2, 0) is 4.74 Å². The largest absolute Gasteiger partial charge is 0.496 e. The maximum Gasteiger partial charge on any atom is 0.422 e. The molecule has 94 valence electrons. The second-order valence-electron chi connectivity index (χ2n) is 3.15. The van der Waals surface area contributed by atoms with Gasteiger partial charge in [-0.1, -0.05) is 0 Å². The fourth-order valence-corrected chi connectivity index (χ4v) is 1.10. The number of esters is 1. The van der Waals surface area contributed by atoms with E-state index in [1.807, 2.05) is 0 Å². The molecule has 0 aliphatic heterocycles. The van der Waals surface area contributed by atoms with Crippen molar-refractivity contribution < 1.29 is 27.4 Å². The lowest BCUT2D eigenvalue weighted by atomic mass is 10.2. The Labute approximate surface area is 95.1 Å². The molecule has 0 radical (unpaired) electrons. The molecule has 1 aromatic rings. The molecular formula is C10H10F3NO3. The summed E-state index contributed by atoms with van der Waals surface area (Å²) in [6.45, 7) is -1.64. The van der Waals surface area contributed by atoms with Gasteiger partial charge in [-0.3, -0.25) is 0 Å². The first kappa shape index (κ1) is 13.1. The summed E-state index contributed by atoms with van der Waals surface area (Å²) >= 11 is 0. The fourth-order valence-electron chi connectivity index (χ4n) is 1.10. The Bertz CT molecular complexity index is 418. The summed E-state index contributed by atoms with van der Waals surface area (Å²) in [5, 5.41) is 0. The predicted molar refractivity (Wildman–Crippen MR) is 53.7 cm³/mol. The van der Waals surface area contributed by atoms with Crippen molar-refractivity contribution in [2.45, 2.75) is 6.18 Å². The van der Waals surface area contributed by atoms with E-state index in [9.17, 15) is 18.0 Å². The minimum atomic E-state index is -4.56. The van der Waals surface area contributed by atoms with Gasteiger partial charge in [0.05, 0.1) is 7.11 Å². The van der Waals surface area contributed by atoms with Crippen molar-refractivity contribution in [3.63, 3.8) is 0 Å². The average molecular weight is 249 g/mol. The molecule has 0 aliphatic rings. The summed E-state index contributed by atoms with van der Waals surface area (Å²) in [7, 11) is 1.27. The monoisotopic (exact) mass is 249 g/mol. The smallest absolute Gasteiger partial charge is 0.422 e. The van der Waals surface area contributed by atoms with Gasteiger partial charge in [-0.15, -0.1) is 0 Å². The van der Waals surface area contributed by atoms with Crippen LogP contribution >= 0.6 is 0 Å². The van der Waals surface area contributed by atoms with Crippen LogP contribution in [-0.4, -0.2) is 25.9 Å². The minimum absolute atomic E-state index is 0.0668. The van der Waals surface area contributed by atoms with Crippen LogP contribution in [0.1, 0.15) is 10.4 Å². The highest BCUT2D eigenvalue weighted by Gasteiger charge is 2.30. The Hall–Kier alpha value is -1.92. The number of anilines is 1.